The summed E-state index contributed by atoms with van der Waals surface area (Å²) in [5, 5.41) is 12.9. The van der Waals surface area contributed by atoms with E-state index in [0.717, 1.165) is 43.7 Å². The first-order valence-electron chi connectivity index (χ1n) is 6.36. The molecule has 86 valence electrons. The van der Waals surface area contributed by atoms with Crippen molar-refractivity contribution >= 4 is 0 Å². The van der Waals surface area contributed by atoms with Crippen molar-refractivity contribution in [2.45, 2.75) is 38.7 Å². The maximum Gasteiger partial charge on any atom is 0.0549 e. The Morgan fingerprint density at radius 3 is 2.87 bits per heavy atom. The van der Waals surface area contributed by atoms with Crippen molar-refractivity contribution in [3.05, 3.63) is 12.2 Å². The Kier molecular flexibility index (Phi) is 3.81. The van der Waals surface area contributed by atoms with Crippen molar-refractivity contribution in [2.75, 3.05) is 13.1 Å². The SMILES string of the molecule is CCC(O)CCNCC1CC2C=CC1C2. The molecule has 2 aliphatic carbocycles. The second-order valence-electron chi connectivity index (χ2n) is 5.10. The lowest BCUT2D eigenvalue weighted by molar-refractivity contribution is 0.159. The number of aliphatic hydroxyl groups excluding tert-OH is 1. The molecule has 2 N–H and O–H groups in total. The maximum atomic E-state index is 9.40. The van der Waals surface area contributed by atoms with Gasteiger partial charge in [-0.2, -0.15) is 0 Å². The summed E-state index contributed by atoms with van der Waals surface area (Å²) < 4.78 is 0. The molecule has 0 aromatic carbocycles. The molecule has 1 saturated carbocycles. The summed E-state index contributed by atoms with van der Waals surface area (Å²) in [5.74, 6) is 2.58. The van der Waals surface area contributed by atoms with Crippen molar-refractivity contribution in [3.8, 4) is 0 Å². The third-order valence-electron chi connectivity index (χ3n) is 3.95. The summed E-state index contributed by atoms with van der Waals surface area (Å²) in [4.78, 5) is 0. The summed E-state index contributed by atoms with van der Waals surface area (Å²) in [7, 11) is 0. The molecule has 0 aromatic heterocycles. The molecule has 2 aliphatic rings. The molecule has 1 fully saturated rings. The molecular weight excluding hydrogens is 186 g/mol. The first-order chi connectivity index (χ1) is 7.29. The molecule has 0 amide bonds. The number of allylic oxidation sites excluding steroid dienone is 2. The predicted octanol–water partition coefficient (Wildman–Crippen LogP) is 1.95. The van der Waals surface area contributed by atoms with Crippen LogP contribution in [0.3, 0.4) is 0 Å². The molecule has 0 aliphatic heterocycles. The fraction of sp³-hybridized carbons (Fsp3) is 0.846. The van der Waals surface area contributed by atoms with E-state index in [1.54, 1.807) is 0 Å². The van der Waals surface area contributed by atoms with Gasteiger partial charge in [-0.1, -0.05) is 19.1 Å². The van der Waals surface area contributed by atoms with Crippen molar-refractivity contribution in [1.82, 2.24) is 5.32 Å². The molecule has 4 atom stereocenters. The standard InChI is InChI=1S/C13H23NO/c1-2-13(15)5-6-14-9-12-8-10-3-4-11(12)7-10/h3-4,10-15H,2,5-9H2,1H3. The second kappa shape index (κ2) is 5.13. The van der Waals surface area contributed by atoms with Gasteiger partial charge < -0.3 is 10.4 Å². The zero-order valence-electron chi connectivity index (χ0n) is 9.65. The molecule has 2 heteroatoms. The third-order valence-corrected chi connectivity index (χ3v) is 3.95. The highest BCUT2D eigenvalue weighted by atomic mass is 16.3. The van der Waals surface area contributed by atoms with Crippen molar-refractivity contribution in [3.63, 3.8) is 0 Å². The Bertz CT molecular complexity index is 227. The minimum Gasteiger partial charge on any atom is -0.393 e. The van der Waals surface area contributed by atoms with E-state index < -0.39 is 0 Å². The molecule has 0 spiro atoms. The zero-order valence-corrected chi connectivity index (χ0v) is 9.65. The minimum atomic E-state index is -0.113. The number of fused-ring (bicyclic) bond motifs is 2. The van der Waals surface area contributed by atoms with Crippen LogP contribution in [0.1, 0.15) is 32.6 Å². The Balaban J connectivity index is 1.57. The van der Waals surface area contributed by atoms with Gasteiger partial charge in [-0.05, 0) is 56.5 Å². The lowest BCUT2D eigenvalue weighted by Crippen LogP contribution is -2.28. The molecule has 2 rings (SSSR count). The smallest absolute Gasteiger partial charge is 0.0549 e. The van der Waals surface area contributed by atoms with Crippen LogP contribution >= 0.6 is 0 Å². The summed E-state index contributed by atoms with van der Waals surface area (Å²) in [6.07, 6.45) is 9.22. The highest BCUT2D eigenvalue weighted by Gasteiger charge is 2.34. The normalized spacial score (nSPS) is 34.9. The second-order valence-corrected chi connectivity index (χ2v) is 5.10. The first-order valence-corrected chi connectivity index (χ1v) is 6.36. The van der Waals surface area contributed by atoms with Crippen LogP contribution in [0, 0.1) is 17.8 Å². The molecule has 0 saturated heterocycles. The Hall–Kier alpha value is -0.340. The van der Waals surface area contributed by atoms with Crippen LogP contribution in [0.25, 0.3) is 0 Å². The Labute approximate surface area is 92.8 Å². The molecule has 2 nitrogen and oxygen atoms in total. The van der Waals surface area contributed by atoms with Crippen LogP contribution in [0.5, 0.6) is 0 Å². The lowest BCUT2D eigenvalue weighted by Gasteiger charge is -2.19. The summed E-state index contributed by atoms with van der Waals surface area (Å²) >= 11 is 0. The Morgan fingerprint density at radius 1 is 1.40 bits per heavy atom. The van der Waals surface area contributed by atoms with E-state index in [-0.39, 0.29) is 6.10 Å². The van der Waals surface area contributed by atoms with Crippen LogP contribution in [0.4, 0.5) is 0 Å². The average Bonchev–Trinajstić information content (AvgIpc) is 2.85. The molecule has 2 bridgehead atoms. The predicted molar refractivity (Wildman–Crippen MR) is 62.6 cm³/mol. The van der Waals surface area contributed by atoms with Gasteiger partial charge >= 0.3 is 0 Å². The van der Waals surface area contributed by atoms with Crippen LogP contribution in [0.15, 0.2) is 12.2 Å². The van der Waals surface area contributed by atoms with E-state index in [0.29, 0.717) is 0 Å². The van der Waals surface area contributed by atoms with Crippen molar-refractivity contribution < 1.29 is 5.11 Å². The maximum absolute atomic E-state index is 9.40. The molecule has 0 radical (unpaired) electrons. The summed E-state index contributed by atoms with van der Waals surface area (Å²) in [6, 6.07) is 0. The van der Waals surface area contributed by atoms with E-state index in [4.69, 9.17) is 0 Å². The van der Waals surface area contributed by atoms with E-state index in [9.17, 15) is 5.11 Å². The molecule has 4 unspecified atom stereocenters. The quantitative estimate of drug-likeness (QED) is 0.517. The van der Waals surface area contributed by atoms with E-state index in [1.807, 2.05) is 6.92 Å². The highest BCUT2D eigenvalue weighted by molar-refractivity contribution is 5.10. The highest BCUT2D eigenvalue weighted by Crippen LogP contribution is 2.42. The van der Waals surface area contributed by atoms with Gasteiger partial charge in [0.1, 0.15) is 0 Å². The Morgan fingerprint density at radius 2 is 2.27 bits per heavy atom. The lowest BCUT2D eigenvalue weighted by atomic mass is 9.93. The van der Waals surface area contributed by atoms with Gasteiger partial charge in [0, 0.05) is 0 Å². The number of nitrogens with one attached hydrogen (secondary N) is 1. The topological polar surface area (TPSA) is 32.3 Å². The van der Waals surface area contributed by atoms with Crippen molar-refractivity contribution in [2.24, 2.45) is 17.8 Å². The fourth-order valence-corrected chi connectivity index (χ4v) is 2.89. The van der Waals surface area contributed by atoms with Gasteiger partial charge in [0.15, 0.2) is 0 Å². The fourth-order valence-electron chi connectivity index (χ4n) is 2.89. The molecule has 0 aromatic rings. The van der Waals surface area contributed by atoms with E-state index in [2.05, 4.69) is 17.5 Å². The molecule has 0 heterocycles. The minimum absolute atomic E-state index is 0.113. The van der Waals surface area contributed by atoms with Crippen LogP contribution in [0.2, 0.25) is 0 Å². The van der Waals surface area contributed by atoms with Gasteiger partial charge in [0.2, 0.25) is 0 Å². The largest absolute Gasteiger partial charge is 0.393 e. The number of hydrogen-bond donors (Lipinski definition) is 2. The molecular formula is C13H23NO. The van der Waals surface area contributed by atoms with E-state index >= 15 is 0 Å². The third kappa shape index (κ3) is 2.82. The van der Waals surface area contributed by atoms with Gasteiger partial charge in [0.25, 0.3) is 0 Å². The average molecular weight is 209 g/mol. The van der Waals surface area contributed by atoms with Gasteiger partial charge in [-0.15, -0.1) is 0 Å². The van der Waals surface area contributed by atoms with Gasteiger partial charge in [-0.25, -0.2) is 0 Å². The molecule has 15 heavy (non-hydrogen) atoms. The van der Waals surface area contributed by atoms with Crippen LogP contribution < -0.4 is 5.32 Å². The number of rotatable bonds is 6. The number of hydrogen-bond acceptors (Lipinski definition) is 2. The van der Waals surface area contributed by atoms with Gasteiger partial charge in [0.05, 0.1) is 6.10 Å². The van der Waals surface area contributed by atoms with Crippen molar-refractivity contribution in [1.29, 1.82) is 0 Å². The van der Waals surface area contributed by atoms with Crippen LogP contribution in [-0.2, 0) is 0 Å². The van der Waals surface area contributed by atoms with E-state index in [1.165, 1.54) is 12.8 Å². The van der Waals surface area contributed by atoms with Crippen LogP contribution in [-0.4, -0.2) is 24.3 Å². The number of aliphatic hydroxyl groups is 1. The first kappa shape index (κ1) is 11.2. The summed E-state index contributed by atoms with van der Waals surface area (Å²) in [6.45, 7) is 4.14. The monoisotopic (exact) mass is 209 g/mol. The summed E-state index contributed by atoms with van der Waals surface area (Å²) in [5.41, 5.74) is 0. The van der Waals surface area contributed by atoms with Gasteiger partial charge in [-0.3, -0.25) is 0 Å². The zero-order chi connectivity index (χ0) is 10.7.